The fourth-order valence-corrected chi connectivity index (χ4v) is 2.62. The number of nitrogens with zero attached hydrogens (tertiary/aromatic N) is 7. The van der Waals surface area contributed by atoms with E-state index in [0.717, 1.165) is 34.8 Å². The molecule has 27 heavy (non-hydrogen) atoms. The molecule has 0 aliphatic heterocycles. The Morgan fingerprint density at radius 2 is 1.89 bits per heavy atom. The zero-order valence-electron chi connectivity index (χ0n) is 15.7. The van der Waals surface area contributed by atoms with E-state index in [-0.39, 0.29) is 0 Å². The Labute approximate surface area is 158 Å². The average Bonchev–Trinajstić information content (AvgIpc) is 3.18. The Kier molecular flexibility index (Phi) is 4.82. The molecule has 7 nitrogen and oxygen atoms in total. The summed E-state index contributed by atoms with van der Waals surface area (Å²) in [5, 5.41) is 8.63. The fraction of sp³-hybridized carbons (Fsp3) is 0.300. The van der Waals surface area contributed by atoms with E-state index in [0.29, 0.717) is 0 Å². The van der Waals surface area contributed by atoms with Crippen LogP contribution in [0.25, 0.3) is 28.3 Å². The number of allylic oxidation sites excluding steroid dienone is 2. The van der Waals surface area contributed by atoms with Gasteiger partial charge >= 0.3 is 0 Å². The van der Waals surface area contributed by atoms with E-state index in [4.69, 9.17) is 4.98 Å². The molecule has 5 rings (SSSR count). The molecule has 0 atom stereocenters. The van der Waals surface area contributed by atoms with Crippen LogP contribution in [0.1, 0.15) is 26.2 Å². The summed E-state index contributed by atoms with van der Waals surface area (Å²) in [5.74, 6) is 0.815. The second-order valence-corrected chi connectivity index (χ2v) is 6.60. The molecule has 0 aromatic carbocycles. The van der Waals surface area contributed by atoms with Crippen molar-refractivity contribution in [1.82, 2.24) is 33.9 Å². The second-order valence-electron chi connectivity index (χ2n) is 6.60. The van der Waals surface area contributed by atoms with Gasteiger partial charge in [0.1, 0.15) is 11.5 Å². The van der Waals surface area contributed by atoms with E-state index in [2.05, 4.69) is 21.3 Å². The van der Waals surface area contributed by atoms with Gasteiger partial charge in [-0.25, -0.2) is 9.97 Å². The van der Waals surface area contributed by atoms with Crippen LogP contribution >= 0.6 is 0 Å². The number of hydrogen-bond donors (Lipinski definition) is 0. The van der Waals surface area contributed by atoms with Crippen LogP contribution in [0.3, 0.4) is 0 Å². The lowest BCUT2D eigenvalue weighted by Crippen LogP contribution is -1.97. The van der Waals surface area contributed by atoms with Crippen LogP contribution < -0.4 is 0 Å². The first-order valence-electron chi connectivity index (χ1n) is 9.21. The summed E-state index contributed by atoms with van der Waals surface area (Å²) in [4.78, 5) is 9.23. The van der Waals surface area contributed by atoms with Crippen molar-refractivity contribution >= 4 is 5.65 Å². The van der Waals surface area contributed by atoms with Gasteiger partial charge in [0.05, 0.1) is 30.2 Å². The van der Waals surface area contributed by atoms with Gasteiger partial charge in [-0.05, 0) is 6.92 Å². The molecule has 0 amide bonds. The van der Waals surface area contributed by atoms with Crippen molar-refractivity contribution in [3.05, 3.63) is 55.4 Å². The smallest absolute Gasteiger partial charge is 0.149 e. The minimum Gasteiger partial charge on any atom is -0.284 e. The van der Waals surface area contributed by atoms with Gasteiger partial charge in [0.2, 0.25) is 0 Å². The van der Waals surface area contributed by atoms with Gasteiger partial charge in [-0.1, -0.05) is 31.4 Å². The molecule has 0 N–H and O–H groups in total. The van der Waals surface area contributed by atoms with Gasteiger partial charge in [-0.3, -0.25) is 13.8 Å². The molecule has 1 aliphatic rings. The molecule has 0 saturated heterocycles. The SMILES string of the molecule is C/C=C/Cn1cc(-c2nc(-c3cnn(C)c3)cc3nccn23)cn1.C1CC1. The summed E-state index contributed by atoms with van der Waals surface area (Å²) < 4.78 is 5.62. The molecular weight excluding hydrogens is 338 g/mol. The largest absolute Gasteiger partial charge is 0.284 e. The highest BCUT2D eigenvalue weighted by Gasteiger charge is 2.12. The van der Waals surface area contributed by atoms with Gasteiger partial charge in [-0.15, -0.1) is 0 Å². The predicted molar refractivity (Wildman–Crippen MR) is 105 cm³/mol. The van der Waals surface area contributed by atoms with E-state index in [1.54, 1.807) is 17.1 Å². The first-order valence-corrected chi connectivity index (χ1v) is 9.21. The quantitative estimate of drug-likeness (QED) is 0.519. The van der Waals surface area contributed by atoms with Gasteiger partial charge in [-0.2, -0.15) is 10.2 Å². The van der Waals surface area contributed by atoms with Gasteiger partial charge < -0.3 is 0 Å². The van der Waals surface area contributed by atoms with Crippen LogP contribution in [0.15, 0.2) is 55.4 Å². The molecule has 0 radical (unpaired) electrons. The Morgan fingerprint density at radius 3 is 2.59 bits per heavy atom. The number of hydrogen-bond acceptors (Lipinski definition) is 4. The van der Waals surface area contributed by atoms with Crippen LogP contribution in [0, 0.1) is 0 Å². The maximum Gasteiger partial charge on any atom is 0.149 e. The van der Waals surface area contributed by atoms with E-state index in [1.807, 2.05) is 60.0 Å². The predicted octanol–water partition coefficient (Wildman–Crippen LogP) is 3.74. The van der Waals surface area contributed by atoms with E-state index in [1.165, 1.54) is 19.3 Å². The molecule has 7 heteroatoms. The topological polar surface area (TPSA) is 65.8 Å². The minimum absolute atomic E-state index is 0.742. The summed E-state index contributed by atoms with van der Waals surface area (Å²) in [6, 6.07) is 1.96. The second kappa shape index (κ2) is 7.57. The van der Waals surface area contributed by atoms with Gasteiger partial charge in [0.25, 0.3) is 0 Å². The Morgan fingerprint density at radius 1 is 1.07 bits per heavy atom. The first-order chi connectivity index (χ1) is 13.2. The maximum atomic E-state index is 4.82. The fourth-order valence-electron chi connectivity index (χ4n) is 2.62. The van der Waals surface area contributed by atoms with E-state index >= 15 is 0 Å². The van der Waals surface area contributed by atoms with Crippen LogP contribution in [0.5, 0.6) is 0 Å². The summed E-state index contributed by atoms with van der Waals surface area (Å²) >= 11 is 0. The van der Waals surface area contributed by atoms with Crippen molar-refractivity contribution in [3.63, 3.8) is 0 Å². The molecule has 0 spiro atoms. The normalized spacial score (nSPS) is 13.1. The highest BCUT2D eigenvalue weighted by atomic mass is 15.3. The summed E-state index contributed by atoms with van der Waals surface area (Å²) in [5.41, 5.74) is 3.61. The lowest BCUT2D eigenvalue weighted by molar-refractivity contribution is 0.701. The van der Waals surface area contributed by atoms with Crippen molar-refractivity contribution in [2.24, 2.45) is 7.05 Å². The molecule has 0 unspecified atom stereocenters. The molecule has 4 aromatic heterocycles. The zero-order valence-corrected chi connectivity index (χ0v) is 15.7. The average molecular weight is 361 g/mol. The number of imidazole rings is 1. The van der Waals surface area contributed by atoms with Crippen LogP contribution in [0.2, 0.25) is 0 Å². The minimum atomic E-state index is 0.742. The van der Waals surface area contributed by atoms with Gasteiger partial charge in [0.15, 0.2) is 0 Å². The molecule has 1 saturated carbocycles. The van der Waals surface area contributed by atoms with Crippen LogP contribution in [0.4, 0.5) is 0 Å². The third-order valence-corrected chi connectivity index (χ3v) is 4.16. The molecule has 1 aliphatic carbocycles. The Balaban J connectivity index is 0.000000547. The standard InChI is InChI=1S/C17H17N7.C3H6/c1-3-4-6-23-12-14(10-20-23)17-21-15(13-9-19-22(2)11-13)8-16-18-5-7-24(16)17;1-2-3-1/h3-5,7-12H,6H2,1-2H3;1-3H2/b4-3+;. The first kappa shape index (κ1) is 17.2. The Hall–Kier alpha value is -3.22. The number of aryl methyl sites for hydroxylation is 1. The molecule has 138 valence electrons. The van der Waals surface area contributed by atoms with E-state index < -0.39 is 0 Å². The third kappa shape index (κ3) is 3.97. The molecule has 0 bridgehead atoms. The lowest BCUT2D eigenvalue weighted by atomic mass is 10.2. The summed E-state index contributed by atoms with van der Waals surface area (Å²) in [6.45, 7) is 2.74. The number of fused-ring (bicyclic) bond motifs is 1. The molecular formula is C20H23N7. The van der Waals surface area contributed by atoms with Crippen molar-refractivity contribution in [2.75, 3.05) is 0 Å². The van der Waals surface area contributed by atoms with E-state index in [9.17, 15) is 0 Å². The van der Waals surface area contributed by atoms with Gasteiger partial charge in [0, 0.05) is 43.5 Å². The highest BCUT2D eigenvalue weighted by Crippen LogP contribution is 2.24. The summed E-state index contributed by atoms with van der Waals surface area (Å²) in [6.07, 6.45) is 19.8. The lowest BCUT2D eigenvalue weighted by Gasteiger charge is -2.05. The molecule has 1 fully saturated rings. The molecule has 4 aromatic rings. The summed E-state index contributed by atoms with van der Waals surface area (Å²) in [7, 11) is 1.89. The van der Waals surface area contributed by atoms with Crippen molar-refractivity contribution in [3.8, 4) is 22.6 Å². The van der Waals surface area contributed by atoms with Crippen LogP contribution in [-0.4, -0.2) is 33.9 Å². The molecule has 4 heterocycles. The number of aromatic nitrogens is 7. The van der Waals surface area contributed by atoms with Crippen LogP contribution in [-0.2, 0) is 13.6 Å². The van der Waals surface area contributed by atoms with Crippen molar-refractivity contribution < 1.29 is 0 Å². The number of rotatable bonds is 4. The van der Waals surface area contributed by atoms with Crippen molar-refractivity contribution in [2.45, 2.75) is 32.7 Å². The third-order valence-electron chi connectivity index (χ3n) is 4.16. The Bertz CT molecular complexity index is 1060. The highest BCUT2D eigenvalue weighted by molar-refractivity contribution is 5.68. The van der Waals surface area contributed by atoms with Crippen molar-refractivity contribution in [1.29, 1.82) is 0 Å². The maximum absolute atomic E-state index is 4.82. The monoisotopic (exact) mass is 361 g/mol. The zero-order chi connectivity index (χ0) is 18.6.